The first-order valence-electron chi connectivity index (χ1n) is 5.07. The number of rotatable bonds is 3. The number of nitrogens with two attached hydrogens (primary N) is 1. The maximum Gasteiger partial charge on any atom is 0.416 e. The molecule has 4 N–H and O–H groups in total. The first kappa shape index (κ1) is 15.2. The maximum atomic E-state index is 13.2. The van der Waals surface area contributed by atoms with Gasteiger partial charge in [0.1, 0.15) is 11.9 Å². The Labute approximate surface area is 105 Å². The van der Waals surface area contributed by atoms with Crippen molar-refractivity contribution in [2.75, 3.05) is 5.73 Å². The van der Waals surface area contributed by atoms with Gasteiger partial charge in [0.2, 0.25) is 0 Å². The van der Waals surface area contributed by atoms with Crippen LogP contribution in [0.2, 0.25) is 0 Å². The lowest BCUT2D eigenvalue weighted by atomic mass is 9.96. The number of hydrogen-bond acceptors (Lipinski definition) is 4. The SMILES string of the molecule is N#CCC(O)C(O)c1cc(F)c(N)cc1C(F)(F)F. The second kappa shape index (κ2) is 5.42. The van der Waals surface area contributed by atoms with E-state index in [1.165, 1.54) is 6.07 Å². The van der Waals surface area contributed by atoms with Crippen LogP contribution in [-0.4, -0.2) is 16.3 Å². The molecular formula is C11H10F4N2O2. The van der Waals surface area contributed by atoms with Crippen molar-refractivity contribution in [2.45, 2.75) is 24.8 Å². The lowest BCUT2D eigenvalue weighted by molar-refractivity contribution is -0.139. The third kappa shape index (κ3) is 3.33. The number of nitrogen functional groups attached to an aromatic ring is 1. The topological polar surface area (TPSA) is 90.3 Å². The Balaban J connectivity index is 3.33. The van der Waals surface area contributed by atoms with E-state index in [2.05, 4.69) is 0 Å². The van der Waals surface area contributed by atoms with Crippen LogP contribution in [0.1, 0.15) is 23.7 Å². The highest BCUT2D eigenvalue weighted by atomic mass is 19.4. The van der Waals surface area contributed by atoms with Crippen molar-refractivity contribution in [3.63, 3.8) is 0 Å². The quantitative estimate of drug-likeness (QED) is 0.580. The van der Waals surface area contributed by atoms with Crippen molar-refractivity contribution in [2.24, 2.45) is 0 Å². The van der Waals surface area contributed by atoms with Crippen molar-refractivity contribution >= 4 is 5.69 Å². The van der Waals surface area contributed by atoms with Gasteiger partial charge in [-0.15, -0.1) is 0 Å². The largest absolute Gasteiger partial charge is 0.416 e. The van der Waals surface area contributed by atoms with Gasteiger partial charge in [0.25, 0.3) is 0 Å². The van der Waals surface area contributed by atoms with Crippen molar-refractivity contribution in [1.82, 2.24) is 0 Å². The second-order valence-electron chi connectivity index (χ2n) is 3.83. The molecule has 0 aliphatic heterocycles. The summed E-state index contributed by atoms with van der Waals surface area (Å²) >= 11 is 0. The summed E-state index contributed by atoms with van der Waals surface area (Å²) in [6.45, 7) is 0. The fraction of sp³-hybridized carbons (Fsp3) is 0.364. The van der Waals surface area contributed by atoms with Crippen molar-refractivity contribution in [3.05, 3.63) is 29.1 Å². The van der Waals surface area contributed by atoms with Gasteiger partial charge >= 0.3 is 6.18 Å². The summed E-state index contributed by atoms with van der Waals surface area (Å²) in [5.41, 5.74) is 2.12. The van der Waals surface area contributed by atoms with E-state index in [1.807, 2.05) is 0 Å². The van der Waals surface area contributed by atoms with Crippen LogP contribution in [0.25, 0.3) is 0 Å². The summed E-state index contributed by atoms with van der Waals surface area (Å²) in [5, 5.41) is 27.2. The number of aliphatic hydroxyl groups is 2. The first-order valence-corrected chi connectivity index (χ1v) is 5.07. The normalized spacial score (nSPS) is 14.8. The summed E-state index contributed by atoms with van der Waals surface area (Å²) in [7, 11) is 0. The third-order valence-electron chi connectivity index (χ3n) is 2.46. The average molecular weight is 278 g/mol. The molecule has 0 aliphatic carbocycles. The van der Waals surface area contributed by atoms with Gasteiger partial charge in [-0.25, -0.2) is 4.39 Å². The highest BCUT2D eigenvalue weighted by Crippen LogP contribution is 2.37. The molecule has 0 saturated carbocycles. The van der Waals surface area contributed by atoms with E-state index < -0.39 is 47.4 Å². The number of benzene rings is 1. The zero-order valence-corrected chi connectivity index (χ0v) is 9.45. The number of hydrogen-bond donors (Lipinski definition) is 3. The molecule has 0 radical (unpaired) electrons. The molecule has 19 heavy (non-hydrogen) atoms. The van der Waals surface area contributed by atoms with Crippen LogP contribution < -0.4 is 5.73 Å². The molecule has 0 saturated heterocycles. The van der Waals surface area contributed by atoms with Gasteiger partial charge in [0, 0.05) is 0 Å². The fourth-order valence-electron chi connectivity index (χ4n) is 1.51. The number of halogens is 4. The predicted octanol–water partition coefficient (Wildman–Crippen LogP) is 1.73. The molecule has 8 heteroatoms. The van der Waals surface area contributed by atoms with Crippen LogP contribution >= 0.6 is 0 Å². The molecule has 104 valence electrons. The Bertz CT molecular complexity index is 511. The molecule has 1 aromatic carbocycles. The zero-order chi connectivity index (χ0) is 14.8. The van der Waals surface area contributed by atoms with Crippen LogP contribution in [-0.2, 0) is 6.18 Å². The number of nitrogens with zero attached hydrogens (tertiary/aromatic N) is 1. The van der Waals surface area contributed by atoms with Crippen LogP contribution in [0.15, 0.2) is 12.1 Å². The Morgan fingerprint density at radius 2 is 1.89 bits per heavy atom. The van der Waals surface area contributed by atoms with Crippen LogP contribution in [0.5, 0.6) is 0 Å². The van der Waals surface area contributed by atoms with Gasteiger partial charge in [-0.2, -0.15) is 18.4 Å². The summed E-state index contributed by atoms with van der Waals surface area (Å²) < 4.78 is 51.4. The molecule has 1 aromatic rings. The van der Waals surface area contributed by atoms with Crippen LogP contribution in [0.3, 0.4) is 0 Å². The smallest absolute Gasteiger partial charge is 0.396 e. The van der Waals surface area contributed by atoms with Gasteiger partial charge in [-0.1, -0.05) is 0 Å². The molecule has 0 amide bonds. The molecule has 0 fully saturated rings. The first-order chi connectivity index (χ1) is 8.68. The minimum absolute atomic E-state index is 0.340. The molecule has 2 atom stereocenters. The number of anilines is 1. The molecule has 1 rings (SSSR count). The van der Waals surface area contributed by atoms with Crippen molar-refractivity contribution in [1.29, 1.82) is 5.26 Å². The van der Waals surface area contributed by atoms with E-state index in [9.17, 15) is 27.8 Å². The lowest BCUT2D eigenvalue weighted by Crippen LogP contribution is -2.22. The van der Waals surface area contributed by atoms with E-state index in [0.717, 1.165) is 0 Å². The molecule has 4 nitrogen and oxygen atoms in total. The Morgan fingerprint density at radius 3 is 2.37 bits per heavy atom. The minimum atomic E-state index is -4.87. The second-order valence-corrected chi connectivity index (χ2v) is 3.83. The van der Waals surface area contributed by atoms with Gasteiger partial charge in [-0.05, 0) is 17.7 Å². The summed E-state index contributed by atoms with van der Waals surface area (Å²) in [6.07, 6.45) is -9.25. The summed E-state index contributed by atoms with van der Waals surface area (Å²) in [4.78, 5) is 0. The van der Waals surface area contributed by atoms with E-state index in [1.54, 1.807) is 0 Å². The molecule has 0 bridgehead atoms. The predicted molar refractivity (Wildman–Crippen MR) is 57.0 cm³/mol. The molecule has 0 aliphatic rings. The fourth-order valence-corrected chi connectivity index (χ4v) is 1.51. The van der Waals surface area contributed by atoms with Crippen molar-refractivity contribution < 1.29 is 27.8 Å². The van der Waals surface area contributed by atoms with Gasteiger partial charge < -0.3 is 15.9 Å². The van der Waals surface area contributed by atoms with E-state index in [0.29, 0.717) is 12.1 Å². The maximum absolute atomic E-state index is 13.2. The van der Waals surface area contributed by atoms with E-state index in [-0.39, 0.29) is 0 Å². The Kier molecular flexibility index (Phi) is 4.34. The Hall–Kier alpha value is -1.85. The van der Waals surface area contributed by atoms with E-state index in [4.69, 9.17) is 11.0 Å². The molecule has 0 spiro atoms. The van der Waals surface area contributed by atoms with Gasteiger partial charge in [0.15, 0.2) is 0 Å². The third-order valence-corrected chi connectivity index (χ3v) is 2.46. The molecule has 0 heterocycles. The number of nitriles is 1. The summed E-state index contributed by atoms with van der Waals surface area (Å²) in [5.74, 6) is -1.15. The van der Waals surface area contributed by atoms with E-state index >= 15 is 0 Å². The van der Waals surface area contributed by atoms with Gasteiger partial charge in [0.05, 0.1) is 29.8 Å². The highest BCUT2D eigenvalue weighted by molar-refractivity contribution is 5.48. The monoisotopic (exact) mass is 278 g/mol. The Morgan fingerprint density at radius 1 is 1.32 bits per heavy atom. The lowest BCUT2D eigenvalue weighted by Gasteiger charge is -2.21. The standard InChI is InChI=1S/C11H10F4N2O2/c12-7-3-5(10(19)9(18)1-2-16)6(4-8(7)17)11(13,14)15/h3-4,9-10,18-19H,1,17H2. The minimum Gasteiger partial charge on any atom is -0.396 e. The van der Waals surface area contributed by atoms with Crippen molar-refractivity contribution in [3.8, 4) is 6.07 Å². The zero-order valence-electron chi connectivity index (χ0n) is 9.45. The van der Waals surface area contributed by atoms with Crippen LogP contribution in [0.4, 0.5) is 23.2 Å². The summed E-state index contributed by atoms with van der Waals surface area (Å²) in [6, 6.07) is 2.24. The molecule has 2 unspecified atom stereocenters. The number of alkyl halides is 3. The molecular weight excluding hydrogens is 268 g/mol. The molecule has 0 aromatic heterocycles. The highest BCUT2D eigenvalue weighted by Gasteiger charge is 2.37. The number of aliphatic hydroxyl groups excluding tert-OH is 2. The average Bonchev–Trinajstić information content (AvgIpc) is 2.30. The van der Waals surface area contributed by atoms with Gasteiger partial charge in [-0.3, -0.25) is 0 Å². The van der Waals surface area contributed by atoms with Crippen LogP contribution in [0, 0.1) is 17.1 Å².